The molecule has 37 heavy (non-hydrogen) atoms. The predicted octanol–water partition coefficient (Wildman–Crippen LogP) is 8.87. The summed E-state index contributed by atoms with van der Waals surface area (Å²) < 4.78 is 18.5. The highest BCUT2D eigenvalue weighted by Gasteiger charge is 2.23. The molecule has 172 valence electrons. The third kappa shape index (κ3) is 2.57. The van der Waals surface area contributed by atoms with Crippen LogP contribution >= 0.6 is 0 Å². The third-order valence-electron chi connectivity index (χ3n) is 7.27. The third-order valence-corrected chi connectivity index (χ3v) is 7.27. The van der Waals surface area contributed by atoms with E-state index in [-0.39, 0.29) is 0 Å². The van der Waals surface area contributed by atoms with E-state index in [9.17, 15) is 0 Å². The van der Waals surface area contributed by atoms with Gasteiger partial charge in [-0.05, 0) is 60.7 Å². The summed E-state index contributed by atoms with van der Waals surface area (Å²) in [4.78, 5) is 9.98. The van der Waals surface area contributed by atoms with Crippen molar-refractivity contribution in [3.05, 3.63) is 97.1 Å². The van der Waals surface area contributed by atoms with Gasteiger partial charge in [0.15, 0.2) is 5.82 Å². The van der Waals surface area contributed by atoms with E-state index in [4.69, 9.17) is 23.5 Å². The number of fused-ring (bicyclic) bond motifs is 8. The molecule has 8 aromatic rings. The van der Waals surface area contributed by atoms with Gasteiger partial charge >= 0.3 is 0 Å². The minimum Gasteiger partial charge on any atom is -0.456 e. The molecule has 0 atom stereocenters. The molecule has 0 spiro atoms. The Morgan fingerprint density at radius 2 is 1.24 bits per heavy atom. The smallest absolute Gasteiger partial charge is 0.160 e. The number of ether oxygens (including phenoxy) is 1. The number of aromatic nitrogens is 2. The van der Waals surface area contributed by atoms with E-state index < -0.39 is 0 Å². The average Bonchev–Trinajstić information content (AvgIpc) is 3.48. The van der Waals surface area contributed by atoms with Crippen LogP contribution in [-0.4, -0.2) is 9.97 Å². The summed E-state index contributed by atoms with van der Waals surface area (Å²) >= 11 is 0. The van der Waals surface area contributed by atoms with Gasteiger partial charge in [-0.25, -0.2) is 9.97 Å². The summed E-state index contributed by atoms with van der Waals surface area (Å²) in [6, 6.07) is 32.3. The first-order valence-electron chi connectivity index (χ1n) is 12.2. The van der Waals surface area contributed by atoms with Crippen LogP contribution in [0, 0.1) is 0 Å². The van der Waals surface area contributed by atoms with Gasteiger partial charge in [-0.1, -0.05) is 36.4 Å². The van der Waals surface area contributed by atoms with Crippen LogP contribution in [-0.2, 0) is 0 Å². The van der Waals surface area contributed by atoms with Crippen molar-refractivity contribution in [2.24, 2.45) is 0 Å². The highest BCUT2D eigenvalue weighted by atomic mass is 16.5. The second kappa shape index (κ2) is 6.74. The average molecular weight is 476 g/mol. The number of nitrogens with zero attached hydrogens (tertiary/aromatic N) is 2. The standard InChI is InChI=1S/C32H16N2O3/c1-3-9-24-18(6-1)21-15-29-22(16-28(21)36-24)20-14-17(12-13-26(20)37-29)32-33-23-8-5-11-27-30(23)31(34-32)19-7-2-4-10-25(19)35-27/h1-16H. The first-order valence-corrected chi connectivity index (χ1v) is 12.2. The molecule has 3 aromatic heterocycles. The molecular formula is C32H16N2O3. The van der Waals surface area contributed by atoms with Crippen LogP contribution in [0.2, 0.25) is 0 Å². The van der Waals surface area contributed by atoms with Gasteiger partial charge in [0.2, 0.25) is 0 Å². The Bertz CT molecular complexity index is 2240. The van der Waals surface area contributed by atoms with E-state index in [1.807, 2.05) is 72.8 Å². The zero-order chi connectivity index (χ0) is 24.1. The van der Waals surface area contributed by atoms with Gasteiger partial charge in [0.1, 0.15) is 33.8 Å². The maximum Gasteiger partial charge on any atom is 0.160 e. The molecule has 0 saturated carbocycles. The lowest BCUT2D eigenvalue weighted by atomic mass is 10.0. The van der Waals surface area contributed by atoms with Crippen molar-refractivity contribution in [2.75, 3.05) is 0 Å². The highest BCUT2D eigenvalue weighted by molar-refractivity contribution is 6.15. The quantitative estimate of drug-likeness (QED) is 0.237. The Balaban J connectivity index is 1.29. The lowest BCUT2D eigenvalue weighted by Crippen LogP contribution is -2.02. The molecule has 0 bridgehead atoms. The zero-order valence-corrected chi connectivity index (χ0v) is 19.4. The number of para-hydroxylation sites is 2. The van der Waals surface area contributed by atoms with Crippen molar-refractivity contribution in [1.82, 2.24) is 9.97 Å². The summed E-state index contributed by atoms with van der Waals surface area (Å²) in [7, 11) is 0. The van der Waals surface area contributed by atoms with Crippen LogP contribution in [0.25, 0.3) is 77.4 Å². The van der Waals surface area contributed by atoms with Crippen LogP contribution < -0.4 is 4.74 Å². The number of benzene rings is 5. The Kier molecular flexibility index (Phi) is 3.47. The molecule has 1 aliphatic rings. The molecule has 0 unspecified atom stereocenters. The van der Waals surface area contributed by atoms with Crippen molar-refractivity contribution in [2.45, 2.75) is 0 Å². The highest BCUT2D eigenvalue weighted by Crippen LogP contribution is 2.45. The second-order valence-corrected chi connectivity index (χ2v) is 9.40. The molecule has 1 aliphatic heterocycles. The molecule has 5 nitrogen and oxygen atoms in total. The minimum absolute atomic E-state index is 0.664. The van der Waals surface area contributed by atoms with E-state index in [0.717, 1.165) is 83.1 Å². The molecule has 5 aromatic carbocycles. The molecule has 4 heterocycles. The number of hydrogen-bond acceptors (Lipinski definition) is 5. The predicted molar refractivity (Wildman–Crippen MR) is 145 cm³/mol. The van der Waals surface area contributed by atoms with E-state index >= 15 is 0 Å². The Labute approximate surface area is 209 Å². The van der Waals surface area contributed by atoms with Gasteiger partial charge in [0, 0.05) is 32.7 Å². The van der Waals surface area contributed by atoms with Crippen LogP contribution in [0.15, 0.2) is 106 Å². The molecule has 5 heteroatoms. The van der Waals surface area contributed by atoms with Crippen molar-refractivity contribution in [3.8, 4) is 34.1 Å². The van der Waals surface area contributed by atoms with E-state index in [2.05, 4.69) is 24.3 Å². The molecule has 0 radical (unpaired) electrons. The fourth-order valence-electron chi connectivity index (χ4n) is 5.56. The van der Waals surface area contributed by atoms with Crippen LogP contribution in [0.4, 0.5) is 0 Å². The lowest BCUT2D eigenvalue weighted by Gasteiger charge is -2.20. The molecule has 9 rings (SSSR count). The molecule has 0 N–H and O–H groups in total. The first-order chi connectivity index (χ1) is 18.3. The topological polar surface area (TPSA) is 61.3 Å². The van der Waals surface area contributed by atoms with Gasteiger partial charge < -0.3 is 13.6 Å². The van der Waals surface area contributed by atoms with Gasteiger partial charge in [0.05, 0.1) is 16.6 Å². The van der Waals surface area contributed by atoms with Gasteiger partial charge in [-0.2, -0.15) is 0 Å². The maximum atomic E-state index is 6.26. The van der Waals surface area contributed by atoms with Crippen molar-refractivity contribution >= 4 is 54.8 Å². The minimum atomic E-state index is 0.664. The van der Waals surface area contributed by atoms with Gasteiger partial charge in [0.25, 0.3) is 0 Å². The maximum absolute atomic E-state index is 6.26. The number of rotatable bonds is 1. The monoisotopic (exact) mass is 476 g/mol. The second-order valence-electron chi connectivity index (χ2n) is 9.40. The molecule has 0 aliphatic carbocycles. The summed E-state index contributed by atoms with van der Waals surface area (Å²) in [6.45, 7) is 0. The molecule has 0 saturated heterocycles. The fourth-order valence-corrected chi connectivity index (χ4v) is 5.56. The summed E-state index contributed by atoms with van der Waals surface area (Å²) in [5.41, 5.74) is 7.00. The normalized spacial score (nSPS) is 12.5. The van der Waals surface area contributed by atoms with Crippen LogP contribution in [0.1, 0.15) is 0 Å². The summed E-state index contributed by atoms with van der Waals surface area (Å²) in [5.74, 6) is 2.25. The number of hydrogen-bond donors (Lipinski definition) is 0. The van der Waals surface area contributed by atoms with Crippen molar-refractivity contribution < 1.29 is 13.6 Å². The van der Waals surface area contributed by atoms with Crippen molar-refractivity contribution in [3.63, 3.8) is 0 Å². The Hall–Kier alpha value is -5.16. The van der Waals surface area contributed by atoms with E-state index in [0.29, 0.717) is 5.82 Å². The summed E-state index contributed by atoms with van der Waals surface area (Å²) in [5, 5.41) is 5.09. The van der Waals surface area contributed by atoms with Gasteiger partial charge in [-0.3, -0.25) is 0 Å². The summed E-state index contributed by atoms with van der Waals surface area (Å²) in [6.07, 6.45) is 0. The molecular weight excluding hydrogens is 460 g/mol. The van der Waals surface area contributed by atoms with E-state index in [1.54, 1.807) is 0 Å². The fraction of sp³-hybridized carbons (Fsp3) is 0. The van der Waals surface area contributed by atoms with Crippen LogP contribution in [0.5, 0.6) is 11.5 Å². The SMILES string of the molecule is c1ccc2c(c1)Oc1cccc3nc(-c4ccc5oc6cc7c(cc6c5c4)oc4ccccc47)nc-2c13. The lowest BCUT2D eigenvalue weighted by molar-refractivity contribution is 0.486. The first kappa shape index (κ1) is 19.1. The van der Waals surface area contributed by atoms with E-state index in [1.165, 1.54) is 0 Å². The van der Waals surface area contributed by atoms with Crippen molar-refractivity contribution in [1.29, 1.82) is 0 Å². The number of furan rings is 2. The Morgan fingerprint density at radius 3 is 2.16 bits per heavy atom. The Morgan fingerprint density at radius 1 is 0.514 bits per heavy atom. The van der Waals surface area contributed by atoms with Gasteiger partial charge in [-0.15, -0.1) is 0 Å². The molecule has 0 amide bonds. The largest absolute Gasteiger partial charge is 0.456 e. The van der Waals surface area contributed by atoms with Crippen LogP contribution in [0.3, 0.4) is 0 Å². The molecule has 0 fully saturated rings. The zero-order valence-electron chi connectivity index (χ0n) is 19.4.